The van der Waals surface area contributed by atoms with Crippen LogP contribution in [0.3, 0.4) is 0 Å². The number of hydrogen-bond donors (Lipinski definition) is 2. The van der Waals surface area contributed by atoms with Crippen LogP contribution in [0.15, 0.2) is 43.0 Å². The van der Waals surface area contributed by atoms with E-state index in [4.69, 9.17) is 0 Å². The average molecular weight is 350 g/mol. The fraction of sp³-hybridized carbons (Fsp3) is 0.368. The first-order valence-corrected chi connectivity index (χ1v) is 9.03. The smallest absolute Gasteiger partial charge is 0.252 e. The van der Waals surface area contributed by atoms with Gasteiger partial charge in [0.05, 0.1) is 11.6 Å². The summed E-state index contributed by atoms with van der Waals surface area (Å²) in [6.07, 6.45) is 9.97. The van der Waals surface area contributed by atoms with Gasteiger partial charge in [-0.15, -0.1) is 10.2 Å². The minimum Gasteiger partial charge on any atom is -0.345 e. The molecule has 2 N–H and O–H groups in total. The third-order valence-electron chi connectivity index (χ3n) is 4.98. The molecule has 2 heterocycles. The molecule has 1 aliphatic rings. The highest BCUT2D eigenvalue weighted by molar-refractivity contribution is 6.00. The van der Waals surface area contributed by atoms with E-state index in [0.29, 0.717) is 17.4 Å². The Labute approximate surface area is 151 Å². The third-order valence-corrected chi connectivity index (χ3v) is 4.98. The quantitative estimate of drug-likeness (QED) is 0.739. The minimum absolute atomic E-state index is 0.148. The molecule has 1 aliphatic carbocycles. The van der Waals surface area contributed by atoms with Gasteiger partial charge < -0.3 is 14.9 Å². The van der Waals surface area contributed by atoms with Crippen molar-refractivity contribution in [3.63, 3.8) is 0 Å². The summed E-state index contributed by atoms with van der Waals surface area (Å²) in [5.74, 6) is 1.34. The summed E-state index contributed by atoms with van der Waals surface area (Å²) < 4.78 is 2.12. The lowest BCUT2D eigenvalue weighted by atomic mass is 10.1. The van der Waals surface area contributed by atoms with Gasteiger partial charge in [-0.1, -0.05) is 31.0 Å². The van der Waals surface area contributed by atoms with E-state index in [0.717, 1.165) is 24.2 Å². The summed E-state index contributed by atoms with van der Waals surface area (Å²) >= 11 is 0. The van der Waals surface area contributed by atoms with Gasteiger partial charge in [0.1, 0.15) is 12.2 Å². The molecule has 26 heavy (non-hydrogen) atoms. The molecule has 1 amide bonds. The van der Waals surface area contributed by atoms with Crippen molar-refractivity contribution < 1.29 is 4.79 Å². The number of amides is 1. The molecule has 1 saturated carbocycles. The van der Waals surface area contributed by atoms with Crippen molar-refractivity contribution in [3.8, 4) is 11.4 Å². The summed E-state index contributed by atoms with van der Waals surface area (Å²) in [5, 5.41) is 11.4. The fourth-order valence-electron chi connectivity index (χ4n) is 3.66. The highest BCUT2D eigenvalue weighted by atomic mass is 16.1. The van der Waals surface area contributed by atoms with E-state index in [1.165, 1.54) is 12.8 Å². The molecule has 0 unspecified atom stereocenters. The summed E-state index contributed by atoms with van der Waals surface area (Å²) in [7, 11) is 0. The first-order valence-electron chi connectivity index (χ1n) is 9.03. The summed E-state index contributed by atoms with van der Waals surface area (Å²) in [6, 6.07) is 7.66. The van der Waals surface area contributed by atoms with Crippen LogP contribution < -0.4 is 5.32 Å². The van der Waals surface area contributed by atoms with Gasteiger partial charge in [0.25, 0.3) is 5.91 Å². The minimum atomic E-state index is -0.227. The van der Waals surface area contributed by atoms with Gasteiger partial charge in [-0.2, -0.15) is 0 Å². The second kappa shape index (κ2) is 7.11. The Morgan fingerprint density at radius 1 is 1.31 bits per heavy atom. The Hall–Kier alpha value is -2.96. The van der Waals surface area contributed by atoms with E-state index >= 15 is 0 Å². The first kappa shape index (κ1) is 16.5. The van der Waals surface area contributed by atoms with Crippen LogP contribution in [0.1, 0.15) is 60.9 Å². The number of rotatable bonds is 5. The molecule has 7 heteroatoms. The number of hydrogen-bond acceptors (Lipinski definition) is 4. The van der Waals surface area contributed by atoms with E-state index in [-0.39, 0.29) is 11.9 Å². The molecule has 4 rings (SSSR count). The van der Waals surface area contributed by atoms with Crippen LogP contribution >= 0.6 is 0 Å². The first-order chi connectivity index (χ1) is 12.7. The number of nitrogens with zero attached hydrogens (tertiary/aromatic N) is 4. The lowest BCUT2D eigenvalue weighted by Crippen LogP contribution is -2.29. The lowest BCUT2D eigenvalue weighted by Gasteiger charge is -2.19. The number of carbonyl (C=O) groups is 1. The van der Waals surface area contributed by atoms with Crippen LogP contribution in [-0.4, -0.2) is 30.6 Å². The normalized spacial score (nSPS) is 15.9. The molecule has 0 saturated heterocycles. The van der Waals surface area contributed by atoms with E-state index in [1.54, 1.807) is 18.7 Å². The Kier molecular flexibility index (Phi) is 4.51. The number of carbonyl (C=O) groups excluding carboxylic acids is 1. The highest BCUT2D eigenvalue weighted by Crippen LogP contribution is 2.31. The van der Waals surface area contributed by atoms with Crippen LogP contribution in [0.4, 0.5) is 0 Å². The van der Waals surface area contributed by atoms with Crippen LogP contribution in [-0.2, 0) is 0 Å². The molecule has 0 bridgehead atoms. The predicted octanol–water partition coefficient (Wildman–Crippen LogP) is 3.27. The zero-order chi connectivity index (χ0) is 17.9. The van der Waals surface area contributed by atoms with Crippen LogP contribution in [0.25, 0.3) is 11.4 Å². The van der Waals surface area contributed by atoms with Crippen molar-refractivity contribution in [3.05, 3.63) is 54.4 Å². The largest absolute Gasteiger partial charge is 0.345 e. The summed E-state index contributed by atoms with van der Waals surface area (Å²) in [4.78, 5) is 20.2. The van der Waals surface area contributed by atoms with Crippen molar-refractivity contribution in [2.24, 2.45) is 0 Å². The standard InChI is InChI=1S/C19H22N6O/c1-13(18-24-22-12-25(18)14-6-2-3-7-14)23-19(26)16-9-5-4-8-15(16)17-20-10-11-21-17/h4-5,8-14H,2-3,6-7H2,1H3,(H,20,21)(H,23,26)/t13-/m1/s1. The van der Waals surface area contributed by atoms with Crippen LogP contribution in [0.5, 0.6) is 0 Å². The Balaban J connectivity index is 1.55. The zero-order valence-corrected chi connectivity index (χ0v) is 14.7. The number of aromatic amines is 1. The number of aromatic nitrogens is 5. The molecule has 7 nitrogen and oxygen atoms in total. The molecule has 0 spiro atoms. The Morgan fingerprint density at radius 2 is 2.12 bits per heavy atom. The van der Waals surface area contributed by atoms with Crippen molar-refractivity contribution in [2.45, 2.75) is 44.7 Å². The third kappa shape index (κ3) is 3.12. The molecule has 0 aliphatic heterocycles. The second-order valence-corrected chi connectivity index (χ2v) is 6.71. The number of imidazole rings is 1. The maximum Gasteiger partial charge on any atom is 0.252 e. The molecule has 134 valence electrons. The van der Waals surface area contributed by atoms with Crippen molar-refractivity contribution in [1.82, 2.24) is 30.0 Å². The maximum absolute atomic E-state index is 12.9. The SMILES string of the molecule is C[C@@H](NC(=O)c1ccccc1-c1ncc[nH]1)c1nncn1C1CCCC1. The maximum atomic E-state index is 12.9. The van der Waals surface area contributed by atoms with Gasteiger partial charge >= 0.3 is 0 Å². The van der Waals surface area contributed by atoms with Crippen LogP contribution in [0, 0.1) is 0 Å². The van der Waals surface area contributed by atoms with E-state index < -0.39 is 0 Å². The summed E-state index contributed by atoms with van der Waals surface area (Å²) in [6.45, 7) is 1.95. The van der Waals surface area contributed by atoms with Gasteiger partial charge in [-0.3, -0.25) is 4.79 Å². The average Bonchev–Trinajstić information content (AvgIpc) is 3.43. The topological polar surface area (TPSA) is 88.5 Å². The molecule has 1 aromatic carbocycles. The number of nitrogens with one attached hydrogen (secondary N) is 2. The molecule has 3 aromatic rings. The second-order valence-electron chi connectivity index (χ2n) is 6.71. The molecule has 0 radical (unpaired) electrons. The molecule has 2 aromatic heterocycles. The van der Waals surface area contributed by atoms with E-state index in [2.05, 4.69) is 30.0 Å². The van der Waals surface area contributed by atoms with E-state index in [1.807, 2.05) is 31.2 Å². The molecule has 1 atom stereocenters. The summed E-state index contributed by atoms with van der Waals surface area (Å²) in [5.41, 5.74) is 1.36. The predicted molar refractivity (Wildman–Crippen MR) is 97.4 cm³/mol. The van der Waals surface area contributed by atoms with Crippen molar-refractivity contribution >= 4 is 5.91 Å². The van der Waals surface area contributed by atoms with Gasteiger partial charge in [0, 0.05) is 24.0 Å². The molecular formula is C19H22N6O. The Bertz CT molecular complexity index is 879. The monoisotopic (exact) mass is 350 g/mol. The number of H-pyrrole nitrogens is 1. The van der Waals surface area contributed by atoms with Crippen LogP contribution in [0.2, 0.25) is 0 Å². The lowest BCUT2D eigenvalue weighted by molar-refractivity contribution is 0.0937. The van der Waals surface area contributed by atoms with Gasteiger partial charge in [0.15, 0.2) is 5.82 Å². The van der Waals surface area contributed by atoms with Gasteiger partial charge in [0.2, 0.25) is 0 Å². The fourth-order valence-corrected chi connectivity index (χ4v) is 3.66. The van der Waals surface area contributed by atoms with E-state index in [9.17, 15) is 4.79 Å². The van der Waals surface area contributed by atoms with Crippen molar-refractivity contribution in [1.29, 1.82) is 0 Å². The highest BCUT2D eigenvalue weighted by Gasteiger charge is 2.24. The van der Waals surface area contributed by atoms with Crippen molar-refractivity contribution in [2.75, 3.05) is 0 Å². The number of benzene rings is 1. The van der Waals surface area contributed by atoms with Gasteiger partial charge in [-0.25, -0.2) is 4.98 Å². The molecular weight excluding hydrogens is 328 g/mol. The Morgan fingerprint density at radius 3 is 2.88 bits per heavy atom. The van der Waals surface area contributed by atoms with Gasteiger partial charge in [-0.05, 0) is 25.8 Å². The molecule has 1 fully saturated rings. The zero-order valence-electron chi connectivity index (χ0n) is 14.7.